The van der Waals surface area contributed by atoms with E-state index in [1.54, 1.807) is 11.3 Å². The van der Waals surface area contributed by atoms with Gasteiger partial charge in [-0.2, -0.15) is 11.3 Å². The molecule has 2 aromatic rings. The van der Waals surface area contributed by atoms with E-state index in [4.69, 9.17) is 0 Å². The molecule has 0 saturated carbocycles. The lowest BCUT2D eigenvalue weighted by atomic mass is 10.2. The first-order valence-electron chi connectivity index (χ1n) is 5.72. The van der Waals surface area contributed by atoms with E-state index >= 15 is 0 Å². The van der Waals surface area contributed by atoms with Crippen molar-refractivity contribution >= 4 is 17.0 Å². The Morgan fingerprint density at radius 1 is 1.18 bits per heavy atom. The monoisotopic (exact) mass is 246 g/mol. The van der Waals surface area contributed by atoms with Crippen LogP contribution in [0.1, 0.15) is 11.1 Å². The summed E-state index contributed by atoms with van der Waals surface area (Å²) in [5.74, 6) is 0. The van der Waals surface area contributed by atoms with Crippen molar-refractivity contribution in [1.29, 1.82) is 0 Å². The van der Waals surface area contributed by atoms with Crippen LogP contribution in [0.5, 0.6) is 0 Å². The third-order valence-corrected chi connectivity index (χ3v) is 3.23. The van der Waals surface area contributed by atoms with E-state index in [1.165, 1.54) is 16.8 Å². The molecule has 0 bridgehead atoms. The standard InChI is InChI=1S/C14H18N2S/c1-16(2)10-12-4-3-5-14(8-12)15-9-13-6-7-17-11-13/h3-8,11,15H,9-10H2,1-2H3. The maximum Gasteiger partial charge on any atom is 0.0409 e. The summed E-state index contributed by atoms with van der Waals surface area (Å²) in [4.78, 5) is 2.18. The van der Waals surface area contributed by atoms with Gasteiger partial charge in [0.1, 0.15) is 0 Å². The molecule has 2 rings (SSSR count). The smallest absolute Gasteiger partial charge is 0.0409 e. The van der Waals surface area contributed by atoms with E-state index in [0.717, 1.165) is 13.1 Å². The summed E-state index contributed by atoms with van der Waals surface area (Å²) in [5, 5.41) is 7.74. The third kappa shape index (κ3) is 3.88. The van der Waals surface area contributed by atoms with Crippen molar-refractivity contribution < 1.29 is 0 Å². The fourth-order valence-electron chi connectivity index (χ4n) is 1.74. The van der Waals surface area contributed by atoms with Crippen LogP contribution in [-0.2, 0) is 13.1 Å². The maximum absolute atomic E-state index is 3.45. The highest BCUT2D eigenvalue weighted by Crippen LogP contribution is 2.14. The van der Waals surface area contributed by atoms with Crippen LogP contribution in [0.4, 0.5) is 5.69 Å². The van der Waals surface area contributed by atoms with E-state index < -0.39 is 0 Å². The number of hydrogen-bond donors (Lipinski definition) is 1. The number of nitrogens with zero attached hydrogens (tertiary/aromatic N) is 1. The molecule has 17 heavy (non-hydrogen) atoms. The van der Waals surface area contributed by atoms with Crippen LogP contribution in [0.2, 0.25) is 0 Å². The van der Waals surface area contributed by atoms with E-state index in [9.17, 15) is 0 Å². The second-order valence-corrected chi connectivity index (χ2v) is 5.20. The van der Waals surface area contributed by atoms with Gasteiger partial charge in [-0.25, -0.2) is 0 Å². The molecule has 0 aliphatic carbocycles. The molecule has 0 spiro atoms. The normalized spacial score (nSPS) is 10.8. The highest BCUT2D eigenvalue weighted by atomic mass is 32.1. The number of benzene rings is 1. The summed E-state index contributed by atoms with van der Waals surface area (Å²) < 4.78 is 0. The Labute approximate surface area is 107 Å². The SMILES string of the molecule is CN(C)Cc1cccc(NCc2ccsc2)c1. The van der Waals surface area contributed by atoms with Gasteiger partial charge in [0.25, 0.3) is 0 Å². The molecule has 0 unspecified atom stereocenters. The molecule has 0 atom stereocenters. The van der Waals surface area contributed by atoms with Crippen molar-refractivity contribution in [2.24, 2.45) is 0 Å². The molecule has 0 saturated heterocycles. The van der Waals surface area contributed by atoms with Crippen LogP contribution in [0, 0.1) is 0 Å². The van der Waals surface area contributed by atoms with Crippen LogP contribution in [0.3, 0.4) is 0 Å². The Bertz CT molecular complexity index is 449. The number of anilines is 1. The van der Waals surface area contributed by atoms with E-state index in [2.05, 4.69) is 65.4 Å². The van der Waals surface area contributed by atoms with Gasteiger partial charge in [0.2, 0.25) is 0 Å². The van der Waals surface area contributed by atoms with Gasteiger partial charge >= 0.3 is 0 Å². The first-order valence-corrected chi connectivity index (χ1v) is 6.67. The van der Waals surface area contributed by atoms with Gasteiger partial charge in [-0.3, -0.25) is 0 Å². The molecule has 2 nitrogen and oxygen atoms in total. The molecule has 90 valence electrons. The van der Waals surface area contributed by atoms with Crippen LogP contribution in [0.25, 0.3) is 0 Å². The average molecular weight is 246 g/mol. The maximum atomic E-state index is 3.45. The molecule has 0 aliphatic rings. The summed E-state index contributed by atoms with van der Waals surface area (Å²) in [7, 11) is 4.18. The fourth-order valence-corrected chi connectivity index (χ4v) is 2.41. The predicted octanol–water partition coefficient (Wildman–Crippen LogP) is 3.42. The molecule has 1 N–H and O–H groups in total. The molecular weight excluding hydrogens is 228 g/mol. The van der Waals surface area contributed by atoms with Crippen molar-refractivity contribution in [3.05, 3.63) is 52.2 Å². The zero-order chi connectivity index (χ0) is 12.1. The largest absolute Gasteiger partial charge is 0.381 e. The number of rotatable bonds is 5. The predicted molar refractivity (Wildman–Crippen MR) is 75.5 cm³/mol. The molecular formula is C14H18N2S. The average Bonchev–Trinajstić information content (AvgIpc) is 2.79. The lowest BCUT2D eigenvalue weighted by Gasteiger charge is -2.11. The van der Waals surface area contributed by atoms with Gasteiger partial charge < -0.3 is 10.2 Å². The summed E-state index contributed by atoms with van der Waals surface area (Å²) in [6.45, 7) is 1.88. The molecule has 1 heterocycles. The Morgan fingerprint density at radius 3 is 2.76 bits per heavy atom. The van der Waals surface area contributed by atoms with Gasteiger partial charge in [-0.15, -0.1) is 0 Å². The van der Waals surface area contributed by atoms with Gasteiger partial charge in [0.15, 0.2) is 0 Å². The zero-order valence-corrected chi connectivity index (χ0v) is 11.1. The van der Waals surface area contributed by atoms with Crippen LogP contribution >= 0.6 is 11.3 Å². The minimum absolute atomic E-state index is 0.898. The van der Waals surface area contributed by atoms with Gasteiger partial charge in [-0.05, 0) is 54.2 Å². The summed E-state index contributed by atoms with van der Waals surface area (Å²) in [6.07, 6.45) is 0. The Kier molecular flexibility index (Phi) is 4.18. The van der Waals surface area contributed by atoms with Gasteiger partial charge in [0, 0.05) is 18.8 Å². The van der Waals surface area contributed by atoms with Crippen molar-refractivity contribution in [2.75, 3.05) is 19.4 Å². The quantitative estimate of drug-likeness (QED) is 0.869. The van der Waals surface area contributed by atoms with E-state index in [-0.39, 0.29) is 0 Å². The molecule has 0 fully saturated rings. The number of hydrogen-bond acceptors (Lipinski definition) is 3. The summed E-state index contributed by atoms with van der Waals surface area (Å²) >= 11 is 1.74. The summed E-state index contributed by atoms with van der Waals surface area (Å²) in [5.41, 5.74) is 3.87. The fraction of sp³-hybridized carbons (Fsp3) is 0.286. The first-order chi connectivity index (χ1) is 8.24. The molecule has 3 heteroatoms. The van der Waals surface area contributed by atoms with Crippen molar-refractivity contribution in [2.45, 2.75) is 13.1 Å². The molecule has 1 aromatic carbocycles. The molecule has 0 aliphatic heterocycles. The van der Waals surface area contributed by atoms with Crippen molar-refractivity contribution in [1.82, 2.24) is 4.90 Å². The van der Waals surface area contributed by atoms with Crippen LogP contribution in [0.15, 0.2) is 41.1 Å². The Morgan fingerprint density at radius 2 is 2.06 bits per heavy atom. The van der Waals surface area contributed by atoms with Gasteiger partial charge in [-0.1, -0.05) is 12.1 Å². The Balaban J connectivity index is 1.96. The number of nitrogens with one attached hydrogen (secondary N) is 1. The van der Waals surface area contributed by atoms with Crippen LogP contribution < -0.4 is 5.32 Å². The van der Waals surface area contributed by atoms with Gasteiger partial charge in [0.05, 0.1) is 0 Å². The number of thiophene rings is 1. The topological polar surface area (TPSA) is 15.3 Å². The highest BCUT2D eigenvalue weighted by molar-refractivity contribution is 7.07. The van der Waals surface area contributed by atoms with E-state index in [1.807, 2.05) is 0 Å². The first kappa shape index (κ1) is 12.1. The second-order valence-electron chi connectivity index (χ2n) is 4.42. The molecule has 1 aromatic heterocycles. The van der Waals surface area contributed by atoms with Crippen molar-refractivity contribution in [3.63, 3.8) is 0 Å². The third-order valence-electron chi connectivity index (χ3n) is 2.50. The minimum Gasteiger partial charge on any atom is -0.381 e. The van der Waals surface area contributed by atoms with Crippen molar-refractivity contribution in [3.8, 4) is 0 Å². The van der Waals surface area contributed by atoms with Crippen LogP contribution in [-0.4, -0.2) is 19.0 Å². The highest BCUT2D eigenvalue weighted by Gasteiger charge is 1.98. The second kappa shape index (κ2) is 5.84. The lowest BCUT2D eigenvalue weighted by molar-refractivity contribution is 0.402. The molecule has 0 radical (unpaired) electrons. The molecule has 0 amide bonds. The zero-order valence-electron chi connectivity index (χ0n) is 10.3. The summed E-state index contributed by atoms with van der Waals surface area (Å²) in [6, 6.07) is 10.8. The lowest BCUT2D eigenvalue weighted by Crippen LogP contribution is -2.10. The Hall–Kier alpha value is -1.32. The minimum atomic E-state index is 0.898. The van der Waals surface area contributed by atoms with E-state index in [0.29, 0.717) is 0 Å².